The molecule has 2 N–H and O–H groups in total. The number of rotatable bonds is 2. The van der Waals surface area contributed by atoms with Gasteiger partial charge >= 0.3 is 0 Å². The summed E-state index contributed by atoms with van der Waals surface area (Å²) in [5.41, 5.74) is 0. The number of aliphatic hydroxyl groups excluding tert-OH is 1. The Morgan fingerprint density at radius 3 is 2.57 bits per heavy atom. The van der Waals surface area contributed by atoms with E-state index in [2.05, 4.69) is 12.2 Å². The number of amides is 1. The summed E-state index contributed by atoms with van der Waals surface area (Å²) in [4.78, 5) is 11.5. The van der Waals surface area contributed by atoms with Crippen molar-refractivity contribution in [1.29, 1.82) is 0 Å². The Hall–Kier alpha value is -0.570. The molecule has 0 aromatic rings. The number of nitrogens with one attached hydrogen (secondary N) is 1. The van der Waals surface area contributed by atoms with E-state index in [1.54, 1.807) is 0 Å². The number of hydrogen-bond donors (Lipinski definition) is 2. The van der Waals surface area contributed by atoms with Crippen molar-refractivity contribution < 1.29 is 9.90 Å². The van der Waals surface area contributed by atoms with Crippen molar-refractivity contribution in [3.63, 3.8) is 0 Å². The van der Waals surface area contributed by atoms with Crippen molar-refractivity contribution in [2.24, 2.45) is 11.8 Å². The summed E-state index contributed by atoms with van der Waals surface area (Å²) in [6.45, 7) is 2.06. The number of hydrogen-bond acceptors (Lipinski definition) is 2. The normalized spacial score (nSPS) is 38.0. The van der Waals surface area contributed by atoms with E-state index in [0.29, 0.717) is 17.9 Å². The molecule has 3 atom stereocenters. The van der Waals surface area contributed by atoms with Crippen molar-refractivity contribution in [3.8, 4) is 0 Å². The second-order valence-electron chi connectivity index (χ2n) is 4.84. The van der Waals surface area contributed by atoms with Crippen molar-refractivity contribution in [1.82, 2.24) is 5.32 Å². The van der Waals surface area contributed by atoms with Crippen molar-refractivity contribution in [3.05, 3.63) is 0 Å². The van der Waals surface area contributed by atoms with Gasteiger partial charge in [-0.05, 0) is 38.0 Å². The lowest BCUT2D eigenvalue weighted by Gasteiger charge is -2.31. The molecule has 2 rings (SSSR count). The molecule has 0 radical (unpaired) electrons. The zero-order valence-corrected chi connectivity index (χ0v) is 8.70. The first-order chi connectivity index (χ1) is 6.66. The van der Waals surface area contributed by atoms with Gasteiger partial charge in [-0.1, -0.05) is 6.92 Å². The molecule has 0 aliphatic heterocycles. The van der Waals surface area contributed by atoms with Crippen LogP contribution in [0.1, 0.15) is 39.0 Å². The highest BCUT2D eigenvalue weighted by molar-refractivity contribution is 5.81. The first kappa shape index (κ1) is 9.97. The average Bonchev–Trinajstić information content (AvgIpc) is 2.94. The molecule has 0 spiro atoms. The molecule has 3 nitrogen and oxygen atoms in total. The van der Waals surface area contributed by atoms with E-state index in [1.807, 2.05) is 0 Å². The average molecular weight is 197 g/mol. The number of carbonyl (C=O) groups excluding carboxylic acids is 1. The SMILES string of the molecule is C[C@H]1C[C@H](NC(=O)C2CC2)CC[C@@H]1O. The van der Waals surface area contributed by atoms with E-state index in [4.69, 9.17) is 0 Å². The minimum absolute atomic E-state index is 0.163. The fraction of sp³-hybridized carbons (Fsp3) is 0.909. The topological polar surface area (TPSA) is 49.3 Å². The van der Waals surface area contributed by atoms with E-state index < -0.39 is 0 Å². The maximum atomic E-state index is 11.5. The molecule has 80 valence electrons. The van der Waals surface area contributed by atoms with Crippen molar-refractivity contribution in [2.75, 3.05) is 0 Å². The maximum Gasteiger partial charge on any atom is 0.223 e. The third-order valence-corrected chi connectivity index (χ3v) is 3.42. The Morgan fingerprint density at radius 1 is 1.29 bits per heavy atom. The largest absolute Gasteiger partial charge is 0.393 e. The highest BCUT2D eigenvalue weighted by Gasteiger charge is 2.33. The molecule has 0 aromatic carbocycles. The maximum absolute atomic E-state index is 11.5. The minimum Gasteiger partial charge on any atom is -0.393 e. The molecule has 14 heavy (non-hydrogen) atoms. The Bertz CT molecular complexity index is 225. The summed E-state index contributed by atoms with van der Waals surface area (Å²) in [5, 5.41) is 12.6. The van der Waals surface area contributed by atoms with Gasteiger partial charge in [0, 0.05) is 12.0 Å². The fourth-order valence-electron chi connectivity index (χ4n) is 2.18. The molecule has 0 saturated heterocycles. The lowest BCUT2D eigenvalue weighted by molar-refractivity contribution is -0.123. The molecule has 3 heteroatoms. The van der Waals surface area contributed by atoms with Crippen molar-refractivity contribution in [2.45, 2.75) is 51.2 Å². The van der Waals surface area contributed by atoms with Crippen LogP contribution in [-0.2, 0) is 4.79 Å². The van der Waals surface area contributed by atoms with Crippen molar-refractivity contribution >= 4 is 5.91 Å². The van der Waals surface area contributed by atoms with Crippen LogP contribution >= 0.6 is 0 Å². The summed E-state index contributed by atoms with van der Waals surface area (Å²) in [6.07, 6.45) is 4.66. The third-order valence-electron chi connectivity index (χ3n) is 3.42. The van der Waals surface area contributed by atoms with Crippen LogP contribution in [0, 0.1) is 11.8 Å². The zero-order valence-electron chi connectivity index (χ0n) is 8.70. The lowest BCUT2D eigenvalue weighted by Crippen LogP contribution is -2.42. The van der Waals surface area contributed by atoms with Crippen LogP contribution in [-0.4, -0.2) is 23.2 Å². The van der Waals surface area contributed by atoms with Gasteiger partial charge in [-0.3, -0.25) is 4.79 Å². The Balaban J connectivity index is 1.78. The minimum atomic E-state index is -0.163. The monoisotopic (exact) mass is 197 g/mol. The molecular formula is C11H19NO2. The summed E-state index contributed by atoms with van der Waals surface area (Å²) >= 11 is 0. The predicted molar refractivity (Wildman–Crippen MR) is 53.7 cm³/mol. The second kappa shape index (κ2) is 3.89. The van der Waals surface area contributed by atoms with Gasteiger partial charge in [0.15, 0.2) is 0 Å². The molecule has 0 bridgehead atoms. The van der Waals surface area contributed by atoms with Gasteiger partial charge in [-0.15, -0.1) is 0 Å². The van der Waals surface area contributed by atoms with Gasteiger partial charge in [0.25, 0.3) is 0 Å². The number of carbonyl (C=O) groups is 1. The summed E-state index contributed by atoms with van der Waals surface area (Å²) in [7, 11) is 0. The molecule has 0 aromatic heterocycles. The molecule has 2 fully saturated rings. The van der Waals surface area contributed by atoms with Crippen LogP contribution in [0.2, 0.25) is 0 Å². The molecule has 2 aliphatic carbocycles. The molecular weight excluding hydrogens is 178 g/mol. The fourth-order valence-corrected chi connectivity index (χ4v) is 2.18. The van der Waals surface area contributed by atoms with Crippen LogP contribution in [0.4, 0.5) is 0 Å². The van der Waals surface area contributed by atoms with E-state index >= 15 is 0 Å². The van der Waals surface area contributed by atoms with Crippen LogP contribution in [0.5, 0.6) is 0 Å². The molecule has 2 saturated carbocycles. The van der Waals surface area contributed by atoms with Crippen LogP contribution < -0.4 is 5.32 Å². The Labute approximate surface area is 84.9 Å². The zero-order chi connectivity index (χ0) is 10.1. The predicted octanol–water partition coefficient (Wildman–Crippen LogP) is 1.06. The molecule has 2 aliphatic rings. The molecule has 1 amide bonds. The van der Waals surface area contributed by atoms with Gasteiger partial charge in [0.2, 0.25) is 5.91 Å². The summed E-state index contributed by atoms with van der Waals surface area (Å²) < 4.78 is 0. The summed E-state index contributed by atoms with van der Waals surface area (Å²) in [6, 6.07) is 0.307. The first-order valence-corrected chi connectivity index (χ1v) is 5.65. The third kappa shape index (κ3) is 2.27. The highest BCUT2D eigenvalue weighted by atomic mass is 16.3. The van der Waals surface area contributed by atoms with E-state index in [9.17, 15) is 9.90 Å². The van der Waals surface area contributed by atoms with Gasteiger partial charge in [0.1, 0.15) is 0 Å². The Kier molecular flexibility index (Phi) is 2.77. The lowest BCUT2D eigenvalue weighted by atomic mass is 9.84. The van der Waals surface area contributed by atoms with E-state index in [1.165, 1.54) is 0 Å². The second-order valence-corrected chi connectivity index (χ2v) is 4.84. The van der Waals surface area contributed by atoms with E-state index in [-0.39, 0.29) is 12.0 Å². The van der Waals surface area contributed by atoms with Crippen LogP contribution in [0.15, 0.2) is 0 Å². The van der Waals surface area contributed by atoms with Crippen LogP contribution in [0.25, 0.3) is 0 Å². The number of aliphatic hydroxyl groups is 1. The highest BCUT2D eigenvalue weighted by Crippen LogP contribution is 2.30. The molecule has 0 unspecified atom stereocenters. The van der Waals surface area contributed by atoms with Gasteiger partial charge in [-0.25, -0.2) is 0 Å². The van der Waals surface area contributed by atoms with Crippen LogP contribution in [0.3, 0.4) is 0 Å². The first-order valence-electron chi connectivity index (χ1n) is 5.65. The quantitative estimate of drug-likeness (QED) is 0.695. The van der Waals surface area contributed by atoms with E-state index in [0.717, 1.165) is 32.1 Å². The van der Waals surface area contributed by atoms with Gasteiger partial charge < -0.3 is 10.4 Å². The van der Waals surface area contributed by atoms with Gasteiger partial charge in [0.05, 0.1) is 6.10 Å². The standard InChI is InChI=1S/C11H19NO2/c1-7-6-9(4-5-10(7)13)12-11(14)8-2-3-8/h7-10,13H,2-6H2,1H3,(H,12,14)/t7-,9+,10-/m0/s1. The molecule has 0 heterocycles. The summed E-state index contributed by atoms with van der Waals surface area (Å²) in [5.74, 6) is 0.865. The van der Waals surface area contributed by atoms with Gasteiger partial charge in [-0.2, -0.15) is 0 Å². The Morgan fingerprint density at radius 2 is 2.00 bits per heavy atom. The smallest absolute Gasteiger partial charge is 0.223 e.